The Morgan fingerprint density at radius 3 is 2.70 bits per heavy atom. The molecule has 0 amide bonds. The zero-order chi connectivity index (χ0) is 18.6. The Balaban J connectivity index is 1.61. The van der Waals surface area contributed by atoms with Gasteiger partial charge >= 0.3 is 0 Å². The molecule has 0 spiro atoms. The minimum absolute atomic E-state index is 0.601. The topological polar surface area (TPSA) is 98.1 Å². The zero-order valence-electron chi connectivity index (χ0n) is 15.3. The molecule has 0 aliphatic rings. The SMILES string of the molecule is CCCc1nc(C)nn1Cc1ccc(-c2ncccc2-c2nnn[nH]2)cc1. The number of tetrazole rings is 1. The molecule has 0 atom stereocenters. The van der Waals surface area contributed by atoms with E-state index in [1.54, 1.807) is 6.20 Å². The third-order valence-corrected chi connectivity index (χ3v) is 4.30. The molecule has 0 aliphatic heterocycles. The standard InChI is InChI=1S/C19H20N8/c1-3-5-17-21-13(2)24-27(17)12-14-7-9-15(10-8-14)18-16(6-4-11-20-18)19-22-25-26-23-19/h4,6-11H,3,5,12H2,1-2H3,(H,22,23,25,26). The van der Waals surface area contributed by atoms with Gasteiger partial charge in [-0.2, -0.15) is 5.10 Å². The van der Waals surface area contributed by atoms with Gasteiger partial charge in [0.1, 0.15) is 11.6 Å². The maximum Gasteiger partial charge on any atom is 0.181 e. The molecule has 1 aromatic carbocycles. The van der Waals surface area contributed by atoms with Gasteiger partial charge in [0.2, 0.25) is 0 Å². The van der Waals surface area contributed by atoms with Crippen LogP contribution >= 0.6 is 0 Å². The molecule has 8 heteroatoms. The van der Waals surface area contributed by atoms with Crippen LogP contribution in [0.4, 0.5) is 0 Å². The van der Waals surface area contributed by atoms with E-state index in [1.807, 2.05) is 23.7 Å². The van der Waals surface area contributed by atoms with Crippen molar-refractivity contribution in [3.63, 3.8) is 0 Å². The number of nitrogens with one attached hydrogen (secondary N) is 1. The van der Waals surface area contributed by atoms with Crippen molar-refractivity contribution in [2.24, 2.45) is 0 Å². The van der Waals surface area contributed by atoms with Gasteiger partial charge in [-0.15, -0.1) is 5.10 Å². The van der Waals surface area contributed by atoms with Gasteiger partial charge in [0.25, 0.3) is 0 Å². The first-order valence-electron chi connectivity index (χ1n) is 8.93. The van der Waals surface area contributed by atoms with Gasteiger partial charge in [0.15, 0.2) is 5.82 Å². The van der Waals surface area contributed by atoms with Crippen molar-refractivity contribution in [2.45, 2.75) is 33.2 Å². The molecule has 0 saturated heterocycles. The monoisotopic (exact) mass is 360 g/mol. The number of aromatic nitrogens is 8. The maximum absolute atomic E-state index is 4.52. The van der Waals surface area contributed by atoms with Gasteiger partial charge in [-0.1, -0.05) is 31.2 Å². The van der Waals surface area contributed by atoms with Crippen molar-refractivity contribution >= 4 is 0 Å². The molecule has 3 aromatic heterocycles. The fourth-order valence-electron chi connectivity index (χ4n) is 3.08. The summed E-state index contributed by atoms with van der Waals surface area (Å²) in [6, 6.07) is 12.1. The van der Waals surface area contributed by atoms with Crippen LogP contribution in [0.15, 0.2) is 42.6 Å². The molecule has 136 valence electrons. The average molecular weight is 360 g/mol. The molecule has 27 heavy (non-hydrogen) atoms. The first-order chi connectivity index (χ1) is 13.2. The number of H-pyrrole nitrogens is 1. The summed E-state index contributed by atoms with van der Waals surface area (Å²) in [5.41, 5.74) is 3.88. The third kappa shape index (κ3) is 3.59. The molecular weight excluding hydrogens is 340 g/mol. The lowest BCUT2D eigenvalue weighted by Gasteiger charge is -2.08. The number of hydrogen-bond acceptors (Lipinski definition) is 6. The van der Waals surface area contributed by atoms with E-state index in [0.717, 1.165) is 41.3 Å². The Bertz CT molecular complexity index is 1020. The lowest BCUT2D eigenvalue weighted by Crippen LogP contribution is -2.07. The van der Waals surface area contributed by atoms with Gasteiger partial charge < -0.3 is 0 Å². The molecule has 0 unspecified atom stereocenters. The Morgan fingerprint density at radius 1 is 1.11 bits per heavy atom. The van der Waals surface area contributed by atoms with Crippen LogP contribution in [0.3, 0.4) is 0 Å². The van der Waals surface area contributed by atoms with Crippen LogP contribution in [-0.4, -0.2) is 40.4 Å². The molecule has 0 saturated carbocycles. The smallest absolute Gasteiger partial charge is 0.181 e. The summed E-state index contributed by atoms with van der Waals surface area (Å²) in [6.45, 7) is 4.79. The van der Waals surface area contributed by atoms with Crippen molar-refractivity contribution in [3.8, 4) is 22.6 Å². The van der Waals surface area contributed by atoms with Crippen molar-refractivity contribution in [1.82, 2.24) is 40.4 Å². The van der Waals surface area contributed by atoms with E-state index in [1.165, 1.54) is 5.56 Å². The van der Waals surface area contributed by atoms with Gasteiger partial charge in [-0.25, -0.2) is 14.8 Å². The number of rotatable bonds is 6. The fraction of sp³-hybridized carbons (Fsp3) is 0.263. The van der Waals surface area contributed by atoms with Gasteiger partial charge in [0.05, 0.1) is 12.2 Å². The minimum atomic E-state index is 0.601. The molecular formula is C19H20N8. The van der Waals surface area contributed by atoms with Crippen molar-refractivity contribution < 1.29 is 0 Å². The van der Waals surface area contributed by atoms with Crippen LogP contribution in [0.5, 0.6) is 0 Å². The van der Waals surface area contributed by atoms with E-state index in [0.29, 0.717) is 12.4 Å². The van der Waals surface area contributed by atoms with Crippen LogP contribution in [0.2, 0.25) is 0 Å². The highest BCUT2D eigenvalue weighted by Gasteiger charge is 2.12. The maximum atomic E-state index is 4.52. The predicted octanol–water partition coefficient (Wildman–Crippen LogP) is 2.83. The van der Waals surface area contributed by atoms with Crippen molar-refractivity contribution in [1.29, 1.82) is 0 Å². The minimum Gasteiger partial charge on any atom is -0.255 e. The van der Waals surface area contributed by atoms with Crippen LogP contribution in [0, 0.1) is 6.92 Å². The summed E-state index contributed by atoms with van der Waals surface area (Å²) in [7, 11) is 0. The van der Waals surface area contributed by atoms with E-state index < -0.39 is 0 Å². The number of pyridine rings is 1. The van der Waals surface area contributed by atoms with Gasteiger partial charge in [0, 0.05) is 23.7 Å². The summed E-state index contributed by atoms with van der Waals surface area (Å²) in [5.74, 6) is 2.45. The second-order valence-electron chi connectivity index (χ2n) is 6.33. The van der Waals surface area contributed by atoms with E-state index in [-0.39, 0.29) is 0 Å². The Morgan fingerprint density at radius 2 is 1.96 bits per heavy atom. The van der Waals surface area contributed by atoms with Crippen LogP contribution in [0.1, 0.15) is 30.6 Å². The molecule has 8 nitrogen and oxygen atoms in total. The molecule has 1 N–H and O–H groups in total. The normalized spacial score (nSPS) is 11.0. The number of hydrogen-bond donors (Lipinski definition) is 1. The molecule has 0 bridgehead atoms. The summed E-state index contributed by atoms with van der Waals surface area (Å²) in [4.78, 5) is 9.04. The third-order valence-electron chi connectivity index (χ3n) is 4.30. The highest BCUT2D eigenvalue weighted by atomic mass is 15.5. The number of nitrogens with zero attached hydrogens (tertiary/aromatic N) is 7. The lowest BCUT2D eigenvalue weighted by molar-refractivity contribution is 0.627. The average Bonchev–Trinajstić information content (AvgIpc) is 3.33. The summed E-state index contributed by atoms with van der Waals surface area (Å²) in [5, 5.41) is 18.6. The summed E-state index contributed by atoms with van der Waals surface area (Å²) < 4.78 is 1.99. The van der Waals surface area contributed by atoms with Crippen LogP contribution in [0.25, 0.3) is 22.6 Å². The molecule has 0 radical (unpaired) electrons. The molecule has 4 rings (SSSR count). The number of aromatic amines is 1. The highest BCUT2D eigenvalue weighted by Crippen LogP contribution is 2.27. The molecule has 4 aromatic rings. The van der Waals surface area contributed by atoms with E-state index in [9.17, 15) is 0 Å². The largest absolute Gasteiger partial charge is 0.255 e. The molecule has 3 heterocycles. The Labute approximate surface area is 156 Å². The highest BCUT2D eigenvalue weighted by molar-refractivity contribution is 5.76. The van der Waals surface area contributed by atoms with Gasteiger partial charge in [-0.05, 0) is 41.5 Å². The lowest BCUT2D eigenvalue weighted by atomic mass is 10.0. The van der Waals surface area contributed by atoms with Crippen molar-refractivity contribution in [3.05, 3.63) is 59.8 Å². The Hall–Kier alpha value is -3.42. The van der Waals surface area contributed by atoms with Crippen molar-refractivity contribution in [2.75, 3.05) is 0 Å². The molecule has 0 aliphatic carbocycles. The second-order valence-corrected chi connectivity index (χ2v) is 6.33. The number of benzene rings is 1. The van der Waals surface area contributed by atoms with Crippen LogP contribution < -0.4 is 0 Å². The van der Waals surface area contributed by atoms with E-state index in [4.69, 9.17) is 0 Å². The second kappa shape index (κ2) is 7.45. The zero-order valence-corrected chi connectivity index (χ0v) is 15.3. The van der Waals surface area contributed by atoms with E-state index >= 15 is 0 Å². The Kier molecular flexibility index (Phi) is 4.69. The predicted molar refractivity (Wildman–Crippen MR) is 101 cm³/mol. The fourth-order valence-corrected chi connectivity index (χ4v) is 3.08. The first-order valence-corrected chi connectivity index (χ1v) is 8.93. The van der Waals surface area contributed by atoms with Gasteiger partial charge in [-0.3, -0.25) is 4.98 Å². The summed E-state index contributed by atoms with van der Waals surface area (Å²) >= 11 is 0. The number of aryl methyl sites for hydroxylation is 2. The molecule has 0 fully saturated rings. The first kappa shape index (κ1) is 17.0. The van der Waals surface area contributed by atoms with Crippen LogP contribution in [-0.2, 0) is 13.0 Å². The quantitative estimate of drug-likeness (QED) is 0.568. The summed E-state index contributed by atoms with van der Waals surface area (Å²) in [6.07, 6.45) is 3.75. The van der Waals surface area contributed by atoms with E-state index in [2.05, 4.69) is 66.9 Å².